The monoisotopic (exact) mass is 388 g/mol. The van der Waals surface area contributed by atoms with Gasteiger partial charge in [0.25, 0.3) is 0 Å². The van der Waals surface area contributed by atoms with Crippen LogP contribution in [-0.2, 0) is 6.42 Å². The summed E-state index contributed by atoms with van der Waals surface area (Å²) in [5.74, 6) is 2.31. The Hall–Kier alpha value is -2.01. The smallest absolute Gasteiger partial charge is 0.161 e. The summed E-state index contributed by atoms with van der Waals surface area (Å²) in [5.41, 5.74) is 3.07. The summed E-state index contributed by atoms with van der Waals surface area (Å²) < 4.78 is 11.9. The van der Waals surface area contributed by atoms with Gasteiger partial charge >= 0.3 is 0 Å². The van der Waals surface area contributed by atoms with Gasteiger partial charge in [-0.2, -0.15) is 0 Å². The van der Waals surface area contributed by atoms with Crippen LogP contribution in [0.1, 0.15) is 25.0 Å². The number of halogens is 1. The van der Waals surface area contributed by atoms with Gasteiger partial charge in [0.2, 0.25) is 0 Å². The van der Waals surface area contributed by atoms with Crippen molar-refractivity contribution in [3.05, 3.63) is 52.0 Å². The lowest BCUT2D eigenvalue weighted by Gasteiger charge is -2.30. The minimum absolute atomic E-state index is 0.176. The topological polar surface area (TPSA) is 42.9 Å². The Morgan fingerprint density at radius 2 is 1.67 bits per heavy atom. The lowest BCUT2D eigenvalue weighted by Crippen LogP contribution is -2.32. The van der Waals surface area contributed by atoms with Gasteiger partial charge in [-0.25, -0.2) is 0 Å². The molecule has 1 aliphatic heterocycles. The molecule has 0 aromatic heterocycles. The largest absolute Gasteiger partial charge is 0.493 e. The van der Waals surface area contributed by atoms with Gasteiger partial charge in [0.1, 0.15) is 5.84 Å². The van der Waals surface area contributed by atoms with Gasteiger partial charge in [0.15, 0.2) is 11.5 Å². The van der Waals surface area contributed by atoms with E-state index >= 15 is 0 Å². The summed E-state index contributed by atoms with van der Waals surface area (Å²) in [7, 11) is 3.31. The molecule has 0 unspecified atom stereocenters. The van der Waals surface area contributed by atoms with E-state index in [2.05, 4.69) is 35.1 Å². The van der Waals surface area contributed by atoms with Crippen LogP contribution in [0.15, 0.2) is 45.9 Å². The maximum absolute atomic E-state index is 5.45. The minimum Gasteiger partial charge on any atom is -0.493 e. The lowest BCUT2D eigenvalue weighted by atomic mass is 9.88. The molecular formula is C19H21BrN2O2. The van der Waals surface area contributed by atoms with Gasteiger partial charge in [-0.05, 0) is 62.2 Å². The molecule has 2 aromatic carbocycles. The average molecular weight is 389 g/mol. The van der Waals surface area contributed by atoms with Gasteiger partial charge in [0, 0.05) is 15.7 Å². The van der Waals surface area contributed by atoms with Crippen LogP contribution in [0.4, 0.5) is 5.69 Å². The first-order valence-corrected chi connectivity index (χ1v) is 8.59. The number of amidine groups is 1. The summed E-state index contributed by atoms with van der Waals surface area (Å²) in [6.07, 6.45) is 0.855. The average Bonchev–Trinajstić information content (AvgIpc) is 2.54. The van der Waals surface area contributed by atoms with Crippen molar-refractivity contribution < 1.29 is 9.47 Å². The van der Waals surface area contributed by atoms with Gasteiger partial charge in [0.05, 0.1) is 19.8 Å². The van der Waals surface area contributed by atoms with E-state index < -0.39 is 0 Å². The number of benzene rings is 2. The molecular weight excluding hydrogens is 368 g/mol. The molecule has 0 saturated heterocycles. The first kappa shape index (κ1) is 16.8. The zero-order valence-electron chi connectivity index (χ0n) is 14.3. The van der Waals surface area contributed by atoms with Crippen LogP contribution in [-0.4, -0.2) is 25.6 Å². The summed E-state index contributed by atoms with van der Waals surface area (Å²) >= 11 is 3.46. The van der Waals surface area contributed by atoms with E-state index in [4.69, 9.17) is 14.5 Å². The van der Waals surface area contributed by atoms with Gasteiger partial charge in [-0.3, -0.25) is 4.99 Å². The zero-order valence-corrected chi connectivity index (χ0v) is 15.9. The molecule has 0 amide bonds. The van der Waals surface area contributed by atoms with Crippen LogP contribution in [0.25, 0.3) is 0 Å². The van der Waals surface area contributed by atoms with Crippen molar-refractivity contribution in [3.63, 3.8) is 0 Å². The number of hydrogen-bond acceptors (Lipinski definition) is 4. The Kier molecular flexibility index (Phi) is 4.54. The van der Waals surface area contributed by atoms with Crippen molar-refractivity contribution in [2.45, 2.75) is 25.8 Å². The van der Waals surface area contributed by atoms with Gasteiger partial charge < -0.3 is 14.8 Å². The Bertz CT molecular complexity index is 783. The highest BCUT2D eigenvalue weighted by molar-refractivity contribution is 9.10. The lowest BCUT2D eigenvalue weighted by molar-refractivity contribution is 0.353. The Morgan fingerprint density at radius 3 is 2.29 bits per heavy atom. The van der Waals surface area contributed by atoms with Crippen LogP contribution in [0.2, 0.25) is 0 Å². The van der Waals surface area contributed by atoms with E-state index in [0.717, 1.165) is 33.7 Å². The van der Waals surface area contributed by atoms with Gasteiger partial charge in [-0.1, -0.05) is 15.9 Å². The fourth-order valence-corrected chi connectivity index (χ4v) is 3.19. The number of nitrogens with one attached hydrogen (secondary N) is 1. The van der Waals surface area contributed by atoms with Crippen LogP contribution in [0.3, 0.4) is 0 Å². The summed E-state index contributed by atoms with van der Waals surface area (Å²) in [6, 6.07) is 12.1. The predicted octanol–water partition coefficient (Wildman–Crippen LogP) is 4.66. The number of nitrogens with zero attached hydrogens (tertiary/aromatic N) is 1. The molecule has 24 heavy (non-hydrogen) atoms. The third-order valence-corrected chi connectivity index (χ3v) is 4.54. The van der Waals surface area contributed by atoms with Crippen molar-refractivity contribution >= 4 is 27.5 Å². The molecule has 0 saturated carbocycles. The maximum atomic E-state index is 5.45. The standard InChI is InChI=1S/C19H21BrN2O2/c1-19(2)11-12-9-16(23-3)17(24-4)10-15(12)18(22-19)21-14-7-5-13(20)6-8-14/h5-10H,11H2,1-4H3,(H,21,22). The molecule has 1 heterocycles. The molecule has 5 heteroatoms. The third kappa shape index (κ3) is 3.41. The predicted molar refractivity (Wildman–Crippen MR) is 102 cm³/mol. The molecule has 0 atom stereocenters. The van der Waals surface area contributed by atoms with Crippen LogP contribution in [0, 0.1) is 0 Å². The molecule has 0 aliphatic carbocycles. The fraction of sp³-hybridized carbons (Fsp3) is 0.316. The number of aliphatic imine (C=N–C) groups is 1. The molecule has 0 radical (unpaired) electrons. The molecule has 3 rings (SSSR count). The van der Waals surface area contributed by atoms with E-state index in [1.165, 1.54) is 5.56 Å². The molecule has 4 nitrogen and oxygen atoms in total. The Labute approximate surface area is 151 Å². The van der Waals surface area contributed by atoms with Crippen molar-refractivity contribution in [2.24, 2.45) is 4.99 Å². The van der Waals surface area contributed by atoms with Crippen molar-refractivity contribution in [2.75, 3.05) is 19.5 Å². The molecule has 0 spiro atoms. The van der Waals surface area contributed by atoms with Crippen LogP contribution < -0.4 is 14.8 Å². The summed E-state index contributed by atoms with van der Waals surface area (Å²) in [4.78, 5) is 4.90. The van der Waals surface area contributed by atoms with E-state index in [9.17, 15) is 0 Å². The number of hydrogen-bond donors (Lipinski definition) is 1. The van der Waals surface area contributed by atoms with Crippen LogP contribution in [0.5, 0.6) is 11.5 Å². The van der Waals surface area contributed by atoms with Gasteiger partial charge in [-0.15, -0.1) is 0 Å². The number of methoxy groups -OCH3 is 2. The molecule has 1 aliphatic rings. The van der Waals surface area contributed by atoms with E-state index in [-0.39, 0.29) is 5.54 Å². The molecule has 1 N–H and O–H groups in total. The van der Waals surface area contributed by atoms with Crippen LogP contribution >= 0.6 is 15.9 Å². The highest BCUT2D eigenvalue weighted by atomic mass is 79.9. The molecule has 0 bridgehead atoms. The second-order valence-corrected chi connectivity index (χ2v) is 7.36. The number of anilines is 1. The first-order chi connectivity index (χ1) is 11.4. The second kappa shape index (κ2) is 6.48. The maximum Gasteiger partial charge on any atom is 0.161 e. The van der Waals surface area contributed by atoms with Crippen molar-refractivity contribution in [3.8, 4) is 11.5 Å². The Balaban J connectivity index is 2.05. The summed E-state index contributed by atoms with van der Waals surface area (Å²) in [6.45, 7) is 4.27. The number of ether oxygens (including phenoxy) is 2. The third-order valence-electron chi connectivity index (χ3n) is 4.01. The minimum atomic E-state index is -0.176. The SMILES string of the molecule is COc1cc2c(cc1OC)C(Nc1ccc(Br)cc1)=NC(C)(C)C2. The van der Waals surface area contributed by atoms with Crippen molar-refractivity contribution in [1.29, 1.82) is 0 Å². The molecule has 126 valence electrons. The second-order valence-electron chi connectivity index (χ2n) is 6.45. The highest BCUT2D eigenvalue weighted by Gasteiger charge is 2.28. The highest BCUT2D eigenvalue weighted by Crippen LogP contribution is 2.36. The van der Waals surface area contributed by atoms with Crippen molar-refractivity contribution in [1.82, 2.24) is 0 Å². The quantitative estimate of drug-likeness (QED) is 0.831. The molecule has 0 fully saturated rings. The fourth-order valence-electron chi connectivity index (χ4n) is 2.92. The summed E-state index contributed by atoms with van der Waals surface area (Å²) in [5, 5.41) is 3.44. The number of fused-ring (bicyclic) bond motifs is 1. The van der Waals surface area contributed by atoms with E-state index in [0.29, 0.717) is 5.75 Å². The normalized spacial score (nSPS) is 15.3. The number of rotatable bonds is 3. The molecule has 2 aromatic rings. The van der Waals surface area contributed by atoms with E-state index in [1.54, 1.807) is 14.2 Å². The van der Waals surface area contributed by atoms with E-state index in [1.807, 2.05) is 36.4 Å². The zero-order chi connectivity index (χ0) is 17.3. The first-order valence-electron chi connectivity index (χ1n) is 7.79. The Morgan fingerprint density at radius 1 is 1.04 bits per heavy atom.